The molecule has 0 heterocycles. The number of rotatable bonds is 9. The molecule has 0 aliphatic heterocycles. The van der Waals surface area contributed by atoms with Crippen LogP contribution in [0.15, 0.2) is 77.3 Å². The Labute approximate surface area is 218 Å². The standard InChI is InChI=1S/C26H26BrN3O4S/c1-17(18-6-4-3-5-7-18)28-24(31)19-8-11-21(12-9-19)29-26(35)30-25(32)20-10-13-23(22(27)16-20)34-15-14-33-2/h3-13,16-17H,14-15H2,1-2H3,(H,28,31)(H2,29,30,32,35). The van der Waals surface area contributed by atoms with Crippen LogP contribution in [0, 0.1) is 0 Å². The number of benzene rings is 3. The molecule has 35 heavy (non-hydrogen) atoms. The fraction of sp³-hybridized carbons (Fsp3) is 0.192. The highest BCUT2D eigenvalue weighted by molar-refractivity contribution is 9.10. The molecule has 9 heteroatoms. The van der Waals surface area contributed by atoms with Gasteiger partial charge in [-0.15, -0.1) is 0 Å². The molecule has 3 aromatic carbocycles. The number of halogens is 1. The van der Waals surface area contributed by atoms with Gasteiger partial charge in [0.25, 0.3) is 11.8 Å². The van der Waals surface area contributed by atoms with Crippen LogP contribution in [0.2, 0.25) is 0 Å². The first kappa shape index (κ1) is 26.3. The molecule has 1 unspecified atom stereocenters. The number of methoxy groups -OCH3 is 1. The average molecular weight is 556 g/mol. The van der Waals surface area contributed by atoms with E-state index in [2.05, 4.69) is 31.9 Å². The van der Waals surface area contributed by atoms with Crippen molar-refractivity contribution in [3.63, 3.8) is 0 Å². The number of thiocarbonyl (C=S) groups is 1. The van der Waals surface area contributed by atoms with E-state index in [4.69, 9.17) is 21.7 Å². The van der Waals surface area contributed by atoms with Crippen molar-refractivity contribution < 1.29 is 19.1 Å². The summed E-state index contributed by atoms with van der Waals surface area (Å²) in [7, 11) is 1.60. The van der Waals surface area contributed by atoms with Gasteiger partial charge in [-0.2, -0.15) is 0 Å². The maximum Gasteiger partial charge on any atom is 0.257 e. The zero-order valence-corrected chi connectivity index (χ0v) is 21.7. The minimum absolute atomic E-state index is 0.115. The Morgan fingerprint density at radius 2 is 1.63 bits per heavy atom. The molecule has 0 radical (unpaired) electrons. The van der Waals surface area contributed by atoms with Crippen molar-refractivity contribution in [2.45, 2.75) is 13.0 Å². The normalized spacial score (nSPS) is 11.3. The molecule has 0 aliphatic carbocycles. The second kappa shape index (κ2) is 13.0. The lowest BCUT2D eigenvalue weighted by Crippen LogP contribution is -2.34. The first-order valence-electron chi connectivity index (χ1n) is 10.9. The Hall–Kier alpha value is -3.27. The van der Waals surface area contributed by atoms with Gasteiger partial charge in [0.05, 0.1) is 17.1 Å². The topological polar surface area (TPSA) is 88.7 Å². The van der Waals surface area contributed by atoms with E-state index in [-0.39, 0.29) is 23.0 Å². The minimum Gasteiger partial charge on any atom is -0.490 e. The fourth-order valence-corrected chi connectivity index (χ4v) is 3.85. The van der Waals surface area contributed by atoms with Crippen molar-refractivity contribution >= 4 is 50.8 Å². The third kappa shape index (κ3) is 7.88. The van der Waals surface area contributed by atoms with Crippen LogP contribution in [-0.4, -0.2) is 37.3 Å². The Morgan fingerprint density at radius 1 is 0.943 bits per heavy atom. The average Bonchev–Trinajstić information content (AvgIpc) is 2.86. The first-order valence-corrected chi connectivity index (χ1v) is 12.1. The predicted octanol–water partition coefficient (Wildman–Crippen LogP) is 5.09. The second-order valence-corrected chi connectivity index (χ2v) is 8.84. The number of amides is 2. The van der Waals surface area contributed by atoms with Gasteiger partial charge in [-0.3, -0.25) is 14.9 Å². The molecule has 0 spiro atoms. The van der Waals surface area contributed by atoms with Gasteiger partial charge < -0.3 is 20.1 Å². The van der Waals surface area contributed by atoms with Crippen LogP contribution in [0.25, 0.3) is 0 Å². The molecule has 0 saturated carbocycles. The van der Waals surface area contributed by atoms with E-state index in [0.29, 0.717) is 40.3 Å². The van der Waals surface area contributed by atoms with Crippen molar-refractivity contribution in [3.05, 3.63) is 94.0 Å². The van der Waals surface area contributed by atoms with Crippen LogP contribution in [0.3, 0.4) is 0 Å². The summed E-state index contributed by atoms with van der Waals surface area (Å²) in [6.07, 6.45) is 0. The second-order valence-electron chi connectivity index (χ2n) is 7.58. The molecule has 0 aromatic heterocycles. The smallest absolute Gasteiger partial charge is 0.257 e. The number of hydrogen-bond acceptors (Lipinski definition) is 5. The number of nitrogens with one attached hydrogen (secondary N) is 3. The van der Waals surface area contributed by atoms with E-state index in [1.54, 1.807) is 49.6 Å². The largest absolute Gasteiger partial charge is 0.490 e. The third-order valence-electron chi connectivity index (χ3n) is 5.02. The van der Waals surface area contributed by atoms with Crippen molar-refractivity contribution in [2.75, 3.05) is 25.6 Å². The molecule has 3 rings (SSSR count). The quantitative estimate of drug-likeness (QED) is 0.251. The van der Waals surface area contributed by atoms with Crippen molar-refractivity contribution in [1.29, 1.82) is 0 Å². The molecule has 7 nitrogen and oxygen atoms in total. The summed E-state index contributed by atoms with van der Waals surface area (Å²) in [5.74, 6) is 0.0723. The zero-order chi connectivity index (χ0) is 25.2. The van der Waals surface area contributed by atoms with Crippen LogP contribution in [0.4, 0.5) is 5.69 Å². The van der Waals surface area contributed by atoms with Crippen molar-refractivity contribution in [2.24, 2.45) is 0 Å². The summed E-state index contributed by atoms with van der Waals surface area (Å²) < 4.78 is 11.2. The first-order chi connectivity index (χ1) is 16.9. The van der Waals surface area contributed by atoms with E-state index in [9.17, 15) is 9.59 Å². The summed E-state index contributed by atoms with van der Waals surface area (Å²) in [5, 5.41) is 8.72. The number of carbonyl (C=O) groups excluding carboxylic acids is 2. The summed E-state index contributed by atoms with van der Waals surface area (Å²) in [4.78, 5) is 25.1. The number of carbonyl (C=O) groups is 2. The molecular formula is C26H26BrN3O4S. The number of anilines is 1. The lowest BCUT2D eigenvalue weighted by atomic mass is 10.1. The Balaban J connectivity index is 1.52. The van der Waals surface area contributed by atoms with Crippen LogP contribution in [0.5, 0.6) is 5.75 Å². The van der Waals surface area contributed by atoms with Crippen LogP contribution < -0.4 is 20.7 Å². The van der Waals surface area contributed by atoms with E-state index >= 15 is 0 Å². The number of ether oxygens (including phenoxy) is 2. The summed E-state index contributed by atoms with van der Waals surface area (Å²) >= 11 is 8.67. The predicted molar refractivity (Wildman–Crippen MR) is 144 cm³/mol. The van der Waals surface area contributed by atoms with Crippen molar-refractivity contribution in [1.82, 2.24) is 10.6 Å². The Morgan fingerprint density at radius 3 is 2.29 bits per heavy atom. The van der Waals surface area contributed by atoms with Gasteiger partial charge in [0.1, 0.15) is 12.4 Å². The minimum atomic E-state index is -0.363. The SMILES string of the molecule is COCCOc1ccc(C(=O)NC(=S)Nc2ccc(C(=O)NC(C)c3ccccc3)cc2)cc1Br. The monoisotopic (exact) mass is 555 g/mol. The molecule has 182 valence electrons. The van der Waals surface area contributed by atoms with Gasteiger partial charge in [0, 0.05) is 23.9 Å². The van der Waals surface area contributed by atoms with Crippen LogP contribution >= 0.6 is 28.1 Å². The lowest BCUT2D eigenvalue weighted by molar-refractivity contribution is 0.0938. The molecule has 0 saturated heterocycles. The summed E-state index contributed by atoms with van der Waals surface area (Å²) in [6.45, 7) is 2.80. The van der Waals surface area contributed by atoms with Gasteiger partial charge >= 0.3 is 0 Å². The molecule has 0 aliphatic rings. The maximum atomic E-state index is 12.6. The Kier molecular flexibility index (Phi) is 9.77. The van der Waals surface area contributed by atoms with Gasteiger partial charge in [0.2, 0.25) is 0 Å². The number of hydrogen-bond donors (Lipinski definition) is 3. The van der Waals surface area contributed by atoms with Gasteiger partial charge in [0.15, 0.2) is 5.11 Å². The zero-order valence-electron chi connectivity index (χ0n) is 19.3. The highest BCUT2D eigenvalue weighted by atomic mass is 79.9. The van der Waals surface area contributed by atoms with E-state index < -0.39 is 0 Å². The summed E-state index contributed by atoms with van der Waals surface area (Å²) in [6, 6.07) is 21.5. The fourth-order valence-electron chi connectivity index (χ4n) is 3.14. The maximum absolute atomic E-state index is 12.6. The molecule has 3 aromatic rings. The van der Waals surface area contributed by atoms with Crippen LogP contribution in [0.1, 0.15) is 39.2 Å². The van der Waals surface area contributed by atoms with Gasteiger partial charge in [-0.1, -0.05) is 30.3 Å². The molecule has 0 fully saturated rings. The molecule has 2 amide bonds. The van der Waals surface area contributed by atoms with Crippen molar-refractivity contribution in [3.8, 4) is 5.75 Å². The summed E-state index contributed by atoms with van der Waals surface area (Å²) in [5.41, 5.74) is 2.61. The highest BCUT2D eigenvalue weighted by Crippen LogP contribution is 2.26. The van der Waals surface area contributed by atoms with Crippen LogP contribution in [-0.2, 0) is 4.74 Å². The van der Waals surface area contributed by atoms with Gasteiger partial charge in [-0.05, 0) is 83.1 Å². The highest BCUT2D eigenvalue weighted by Gasteiger charge is 2.13. The molecular weight excluding hydrogens is 530 g/mol. The third-order valence-corrected chi connectivity index (χ3v) is 5.84. The Bertz CT molecular complexity index is 1170. The van der Waals surface area contributed by atoms with E-state index in [1.165, 1.54) is 0 Å². The molecule has 1 atom stereocenters. The van der Waals surface area contributed by atoms with E-state index in [0.717, 1.165) is 5.56 Å². The molecule has 0 bridgehead atoms. The van der Waals surface area contributed by atoms with E-state index in [1.807, 2.05) is 37.3 Å². The molecule has 3 N–H and O–H groups in total. The lowest BCUT2D eigenvalue weighted by Gasteiger charge is -2.15. The van der Waals surface area contributed by atoms with Gasteiger partial charge in [-0.25, -0.2) is 0 Å².